The Kier molecular flexibility index (Phi) is 44.0. The van der Waals surface area contributed by atoms with Crippen LogP contribution in [-0.4, -0.2) is 34.9 Å². The third-order valence-corrected chi connectivity index (χ3v) is 9.72. The van der Waals surface area contributed by atoms with E-state index in [2.05, 4.69) is 116 Å². The van der Waals surface area contributed by atoms with Gasteiger partial charge >= 0.3 is 0 Å². The summed E-state index contributed by atoms with van der Waals surface area (Å²) in [6.45, 7) is 4.06. The van der Waals surface area contributed by atoms with E-state index in [0.717, 1.165) is 83.5 Å². The Hall–Kier alpha value is -2.95. The van der Waals surface area contributed by atoms with E-state index in [1.807, 2.05) is 6.08 Å². The summed E-state index contributed by atoms with van der Waals surface area (Å²) in [6, 6.07) is -0.641. The molecule has 0 rings (SSSR count). The smallest absolute Gasteiger partial charge is 0.220 e. The summed E-state index contributed by atoms with van der Waals surface area (Å²) in [5.41, 5.74) is 0. The number of carbonyl (C=O) groups is 1. The molecule has 0 aliphatic heterocycles. The molecule has 0 heterocycles. The van der Waals surface area contributed by atoms with Crippen LogP contribution in [0.1, 0.15) is 194 Å². The standard InChI is InChI=1S/C52H87NO3/c1-3-5-7-9-11-12-13-14-15-16-17-18-19-20-21-22-23-24-25-26-27-28-29-30-31-32-33-34-35-36-37-38-39-40-42-44-46-48-52(56)53-50(49-54)51(55)47-45-43-41-10-8-6-4-2/h5,7-8,10-12,14-15,17-18,20-21,23-24,26-27,45,47,50-51,54-55H,3-4,6,9,13,16,19,22,25,28-44,46,48-49H2,1-2H3,(H,53,56)/b7-5-,10-8+,12-11-,15-14-,18-17-,21-20-,24-23-,27-26-,47-45+. The molecule has 0 spiro atoms. The Morgan fingerprint density at radius 1 is 0.446 bits per heavy atom. The van der Waals surface area contributed by atoms with Crippen molar-refractivity contribution in [3.8, 4) is 0 Å². The first-order valence-electron chi connectivity index (χ1n) is 23.1. The van der Waals surface area contributed by atoms with Crippen LogP contribution in [0.5, 0.6) is 0 Å². The fourth-order valence-corrected chi connectivity index (χ4v) is 6.24. The van der Waals surface area contributed by atoms with E-state index in [0.29, 0.717) is 6.42 Å². The highest BCUT2D eigenvalue weighted by atomic mass is 16.3. The quantitative estimate of drug-likeness (QED) is 0.0429. The molecule has 4 nitrogen and oxygen atoms in total. The van der Waals surface area contributed by atoms with Crippen molar-refractivity contribution in [2.24, 2.45) is 0 Å². The molecule has 56 heavy (non-hydrogen) atoms. The number of aliphatic hydroxyl groups excluding tert-OH is 2. The third kappa shape index (κ3) is 42.2. The van der Waals surface area contributed by atoms with Crippen LogP contribution in [0.25, 0.3) is 0 Å². The summed E-state index contributed by atoms with van der Waals surface area (Å²) in [6.07, 6.45) is 71.0. The van der Waals surface area contributed by atoms with E-state index in [1.165, 1.54) is 89.9 Å². The largest absolute Gasteiger partial charge is 0.394 e. The monoisotopic (exact) mass is 774 g/mol. The van der Waals surface area contributed by atoms with E-state index in [1.54, 1.807) is 6.08 Å². The zero-order valence-electron chi connectivity index (χ0n) is 36.4. The van der Waals surface area contributed by atoms with Crippen molar-refractivity contribution in [2.75, 3.05) is 6.61 Å². The van der Waals surface area contributed by atoms with Gasteiger partial charge in [0.15, 0.2) is 0 Å². The minimum atomic E-state index is -0.863. The lowest BCUT2D eigenvalue weighted by Gasteiger charge is -2.19. The molecule has 4 heteroatoms. The van der Waals surface area contributed by atoms with Gasteiger partial charge < -0.3 is 15.5 Å². The molecule has 0 saturated carbocycles. The Labute approximate surface area is 346 Å². The van der Waals surface area contributed by atoms with Crippen LogP contribution in [0.2, 0.25) is 0 Å². The summed E-state index contributed by atoms with van der Waals surface area (Å²) >= 11 is 0. The lowest BCUT2D eigenvalue weighted by molar-refractivity contribution is -0.123. The molecule has 0 aliphatic rings. The maximum absolute atomic E-state index is 12.3. The van der Waals surface area contributed by atoms with Crippen molar-refractivity contribution in [3.63, 3.8) is 0 Å². The third-order valence-electron chi connectivity index (χ3n) is 9.72. The molecule has 2 unspecified atom stereocenters. The van der Waals surface area contributed by atoms with Gasteiger partial charge in [-0.15, -0.1) is 0 Å². The number of unbranched alkanes of at least 4 members (excludes halogenated alkanes) is 17. The van der Waals surface area contributed by atoms with E-state index in [4.69, 9.17) is 0 Å². The first-order valence-corrected chi connectivity index (χ1v) is 23.1. The predicted molar refractivity (Wildman–Crippen MR) is 248 cm³/mol. The lowest BCUT2D eigenvalue weighted by atomic mass is 10.0. The van der Waals surface area contributed by atoms with E-state index in [-0.39, 0.29) is 12.5 Å². The van der Waals surface area contributed by atoms with Crippen LogP contribution in [0, 0.1) is 0 Å². The molecule has 1 amide bonds. The fourth-order valence-electron chi connectivity index (χ4n) is 6.24. The Morgan fingerprint density at radius 2 is 0.804 bits per heavy atom. The van der Waals surface area contributed by atoms with Crippen LogP contribution in [0.4, 0.5) is 0 Å². The predicted octanol–water partition coefficient (Wildman–Crippen LogP) is 14.8. The molecular formula is C52H87NO3. The van der Waals surface area contributed by atoms with Gasteiger partial charge in [0.1, 0.15) is 0 Å². The highest BCUT2D eigenvalue weighted by Crippen LogP contribution is 2.14. The second-order valence-corrected chi connectivity index (χ2v) is 15.1. The van der Waals surface area contributed by atoms with Crippen LogP contribution < -0.4 is 5.32 Å². The van der Waals surface area contributed by atoms with Gasteiger partial charge in [0.05, 0.1) is 18.8 Å². The molecule has 3 N–H and O–H groups in total. The Morgan fingerprint density at radius 3 is 1.23 bits per heavy atom. The van der Waals surface area contributed by atoms with Crippen molar-refractivity contribution in [1.82, 2.24) is 5.32 Å². The number of carbonyl (C=O) groups excluding carboxylic acids is 1. The van der Waals surface area contributed by atoms with Crippen LogP contribution >= 0.6 is 0 Å². The molecule has 0 bridgehead atoms. The van der Waals surface area contributed by atoms with Crippen molar-refractivity contribution in [1.29, 1.82) is 0 Å². The SMILES string of the molecule is CC/C=C\C/C=C\C/C=C\C/C=C\C/C=C\C/C=C\C/C=C\CCCCCCCCCCCCCCCCCC(=O)NC(CO)C(O)/C=C/CC/C=C/CCC. The van der Waals surface area contributed by atoms with E-state index in [9.17, 15) is 15.0 Å². The van der Waals surface area contributed by atoms with E-state index >= 15 is 0 Å². The summed E-state index contributed by atoms with van der Waals surface area (Å²) in [7, 11) is 0. The normalized spacial score (nSPS) is 14.0. The molecule has 0 radical (unpaired) electrons. The van der Waals surface area contributed by atoms with Crippen LogP contribution in [0.15, 0.2) is 109 Å². The van der Waals surface area contributed by atoms with Gasteiger partial charge in [-0.25, -0.2) is 0 Å². The number of nitrogens with one attached hydrogen (secondary N) is 1. The summed E-state index contributed by atoms with van der Waals surface area (Å²) in [5, 5.41) is 22.7. The molecule has 318 valence electrons. The zero-order chi connectivity index (χ0) is 40.7. The van der Waals surface area contributed by atoms with Gasteiger partial charge in [0, 0.05) is 6.42 Å². The second kappa shape index (κ2) is 46.4. The first kappa shape index (κ1) is 53.0. The summed E-state index contributed by atoms with van der Waals surface area (Å²) in [4.78, 5) is 12.3. The molecule has 0 aromatic heterocycles. The van der Waals surface area contributed by atoms with Gasteiger partial charge in [-0.2, -0.15) is 0 Å². The summed E-state index contributed by atoms with van der Waals surface area (Å²) < 4.78 is 0. The molecule has 0 aliphatic carbocycles. The number of hydrogen-bond acceptors (Lipinski definition) is 3. The lowest BCUT2D eigenvalue weighted by Crippen LogP contribution is -2.45. The maximum Gasteiger partial charge on any atom is 0.220 e. The first-order chi connectivity index (χ1) is 27.7. The van der Waals surface area contributed by atoms with Crippen LogP contribution in [-0.2, 0) is 4.79 Å². The Bertz CT molecular complexity index is 1110. The van der Waals surface area contributed by atoms with Crippen LogP contribution in [0.3, 0.4) is 0 Å². The molecule has 0 aromatic rings. The topological polar surface area (TPSA) is 69.6 Å². The fraction of sp³-hybridized carbons (Fsp3) is 0.635. The van der Waals surface area contributed by atoms with Gasteiger partial charge in [0.25, 0.3) is 0 Å². The number of hydrogen-bond donors (Lipinski definition) is 3. The highest BCUT2D eigenvalue weighted by Gasteiger charge is 2.17. The second-order valence-electron chi connectivity index (χ2n) is 15.1. The minimum Gasteiger partial charge on any atom is -0.394 e. The summed E-state index contributed by atoms with van der Waals surface area (Å²) in [5.74, 6) is -0.0837. The van der Waals surface area contributed by atoms with Gasteiger partial charge in [-0.1, -0.05) is 213 Å². The van der Waals surface area contributed by atoms with Gasteiger partial charge in [-0.05, 0) is 83.5 Å². The molecule has 0 saturated heterocycles. The number of allylic oxidation sites excluding steroid dienone is 17. The van der Waals surface area contributed by atoms with Crippen molar-refractivity contribution < 1.29 is 15.0 Å². The average molecular weight is 774 g/mol. The molecule has 0 fully saturated rings. The minimum absolute atomic E-state index is 0.0837. The number of rotatable bonds is 40. The molecular weight excluding hydrogens is 687 g/mol. The Balaban J connectivity index is 3.51. The number of amides is 1. The van der Waals surface area contributed by atoms with Crippen molar-refractivity contribution in [2.45, 2.75) is 206 Å². The maximum atomic E-state index is 12.3. The van der Waals surface area contributed by atoms with Gasteiger partial charge in [-0.3, -0.25) is 4.79 Å². The average Bonchev–Trinajstić information content (AvgIpc) is 3.20. The van der Waals surface area contributed by atoms with E-state index < -0.39 is 12.1 Å². The zero-order valence-corrected chi connectivity index (χ0v) is 36.4. The highest BCUT2D eigenvalue weighted by molar-refractivity contribution is 5.76. The molecule has 2 atom stereocenters. The number of aliphatic hydroxyl groups is 2. The van der Waals surface area contributed by atoms with Crippen molar-refractivity contribution >= 4 is 5.91 Å². The van der Waals surface area contributed by atoms with Gasteiger partial charge in [0.2, 0.25) is 5.91 Å². The van der Waals surface area contributed by atoms with Crippen molar-refractivity contribution in [3.05, 3.63) is 109 Å². The molecule has 0 aromatic carbocycles.